The molecule has 37 heavy (non-hydrogen) atoms. The molecule has 3 aromatic rings. The molecule has 1 amide bonds. The molecule has 1 aliphatic rings. The fourth-order valence-electron chi connectivity index (χ4n) is 4.96. The molecule has 4 rings (SSSR count). The maximum absolute atomic E-state index is 14.6. The van der Waals surface area contributed by atoms with Crippen molar-refractivity contribution in [2.24, 2.45) is 0 Å². The summed E-state index contributed by atoms with van der Waals surface area (Å²) in [6.07, 6.45) is 1.11. The number of hydrogen-bond donors (Lipinski definition) is 1. The summed E-state index contributed by atoms with van der Waals surface area (Å²) < 4.78 is 32.5. The summed E-state index contributed by atoms with van der Waals surface area (Å²) in [5, 5.41) is 3.28. The summed E-state index contributed by atoms with van der Waals surface area (Å²) >= 11 is 0. The smallest absolute Gasteiger partial charge is 0.328 e. The van der Waals surface area contributed by atoms with Gasteiger partial charge < -0.3 is 24.1 Å². The number of benzene rings is 2. The van der Waals surface area contributed by atoms with Crippen LogP contribution in [-0.2, 0) is 27.2 Å². The van der Waals surface area contributed by atoms with Crippen LogP contribution >= 0.6 is 0 Å². The van der Waals surface area contributed by atoms with Gasteiger partial charge in [-0.2, -0.15) is 0 Å². The molecule has 1 N–H and O–H groups in total. The van der Waals surface area contributed by atoms with Crippen molar-refractivity contribution in [2.45, 2.75) is 32.4 Å². The summed E-state index contributed by atoms with van der Waals surface area (Å²) in [4.78, 5) is 28.5. The zero-order chi connectivity index (χ0) is 26.4. The lowest BCUT2D eigenvalue weighted by molar-refractivity contribution is -0.142. The number of carbonyl (C=O) groups excluding carboxylic acids is 2. The van der Waals surface area contributed by atoms with E-state index in [-0.39, 0.29) is 6.42 Å². The Hall–Kier alpha value is -3.43. The quantitative estimate of drug-likeness (QED) is 0.421. The molecule has 8 nitrogen and oxygen atoms in total. The van der Waals surface area contributed by atoms with Crippen LogP contribution in [0.2, 0.25) is 0 Å². The van der Waals surface area contributed by atoms with Crippen LogP contribution in [0.5, 0.6) is 5.75 Å². The highest BCUT2D eigenvalue weighted by Gasteiger charge is 2.28. The fourth-order valence-corrected chi connectivity index (χ4v) is 4.96. The van der Waals surface area contributed by atoms with Gasteiger partial charge in [-0.3, -0.25) is 9.69 Å². The topological polar surface area (TPSA) is 82.0 Å². The molecule has 1 unspecified atom stereocenters. The molecule has 2 aromatic carbocycles. The Morgan fingerprint density at radius 3 is 2.51 bits per heavy atom. The molecule has 1 aromatic heterocycles. The monoisotopic (exact) mass is 511 g/mol. The average Bonchev–Trinajstić information content (AvgIpc) is 3.19. The van der Waals surface area contributed by atoms with Crippen LogP contribution in [0.1, 0.15) is 28.0 Å². The van der Waals surface area contributed by atoms with Gasteiger partial charge in [-0.15, -0.1) is 0 Å². The number of rotatable bonds is 10. The van der Waals surface area contributed by atoms with E-state index < -0.39 is 23.7 Å². The number of methoxy groups -OCH3 is 2. The normalized spacial score (nSPS) is 14.9. The second-order valence-electron chi connectivity index (χ2n) is 9.16. The summed E-state index contributed by atoms with van der Waals surface area (Å²) in [5.74, 6) is -1.16. The van der Waals surface area contributed by atoms with E-state index in [4.69, 9.17) is 14.2 Å². The Labute approximate surface area is 216 Å². The van der Waals surface area contributed by atoms with Gasteiger partial charge in [0.2, 0.25) is 0 Å². The summed E-state index contributed by atoms with van der Waals surface area (Å²) in [5.41, 5.74) is 2.54. The molecule has 0 aliphatic carbocycles. The number of carbonyl (C=O) groups is 2. The van der Waals surface area contributed by atoms with Gasteiger partial charge in [0.1, 0.15) is 17.6 Å². The molecule has 0 saturated carbocycles. The minimum atomic E-state index is -0.894. The first-order valence-electron chi connectivity index (χ1n) is 12.5. The van der Waals surface area contributed by atoms with E-state index in [9.17, 15) is 14.0 Å². The van der Waals surface area contributed by atoms with E-state index in [1.165, 1.54) is 26.4 Å². The van der Waals surface area contributed by atoms with E-state index in [1.54, 1.807) is 0 Å². The highest BCUT2D eigenvalue weighted by molar-refractivity contribution is 6.10. The standard InChI is InChI=1S/C28H34FN3O5/c1-19-25(27(33)30-23(28(34)36-3)16-20-8-5-4-6-9-20)22-17-21(29)18-24(35-2)26(22)32(19)11-7-10-31-12-14-37-15-13-31/h4-6,8-9,17-18,23H,7,10-16H2,1-3H3,(H,30,33). The number of aromatic nitrogens is 1. The van der Waals surface area contributed by atoms with E-state index in [1.807, 2.05) is 41.8 Å². The number of esters is 1. The number of nitrogens with zero attached hydrogens (tertiary/aromatic N) is 2. The lowest BCUT2D eigenvalue weighted by atomic mass is 10.0. The third-order valence-electron chi connectivity index (χ3n) is 6.83. The van der Waals surface area contributed by atoms with Gasteiger partial charge in [0, 0.05) is 49.7 Å². The van der Waals surface area contributed by atoms with Crippen molar-refractivity contribution < 1.29 is 28.2 Å². The second-order valence-corrected chi connectivity index (χ2v) is 9.16. The highest BCUT2D eigenvalue weighted by Crippen LogP contribution is 2.34. The SMILES string of the molecule is COC(=O)C(Cc1ccccc1)NC(=O)c1c(C)n(CCCN2CCOCC2)c2c(OC)cc(F)cc12. The first-order chi connectivity index (χ1) is 17.9. The lowest BCUT2D eigenvalue weighted by Crippen LogP contribution is -2.43. The van der Waals surface area contributed by atoms with Crippen molar-refractivity contribution in [3.05, 3.63) is 65.1 Å². The van der Waals surface area contributed by atoms with Crippen molar-refractivity contribution in [2.75, 3.05) is 47.1 Å². The molecule has 0 radical (unpaired) electrons. The van der Waals surface area contributed by atoms with Crippen LogP contribution in [0.15, 0.2) is 42.5 Å². The Bertz CT molecular complexity index is 1240. The van der Waals surface area contributed by atoms with Crippen LogP contribution in [-0.4, -0.2) is 74.5 Å². The molecule has 0 bridgehead atoms. The first kappa shape index (κ1) is 26.6. The molecule has 1 aliphatic heterocycles. The van der Waals surface area contributed by atoms with Gasteiger partial charge in [0.25, 0.3) is 5.91 Å². The minimum absolute atomic E-state index is 0.272. The van der Waals surface area contributed by atoms with Gasteiger partial charge >= 0.3 is 5.97 Å². The Kier molecular flexibility index (Phi) is 8.78. The molecular formula is C28H34FN3O5. The van der Waals surface area contributed by atoms with E-state index in [0.29, 0.717) is 34.5 Å². The number of amides is 1. The largest absolute Gasteiger partial charge is 0.494 e. The minimum Gasteiger partial charge on any atom is -0.494 e. The van der Waals surface area contributed by atoms with Gasteiger partial charge in [-0.25, -0.2) is 9.18 Å². The zero-order valence-electron chi connectivity index (χ0n) is 21.6. The first-order valence-corrected chi connectivity index (χ1v) is 12.5. The molecule has 9 heteroatoms. The Balaban J connectivity index is 1.65. The number of halogens is 1. The van der Waals surface area contributed by atoms with Crippen LogP contribution in [0.3, 0.4) is 0 Å². The van der Waals surface area contributed by atoms with Crippen LogP contribution in [0.4, 0.5) is 4.39 Å². The maximum atomic E-state index is 14.6. The highest BCUT2D eigenvalue weighted by atomic mass is 19.1. The molecule has 0 spiro atoms. The van der Waals surface area contributed by atoms with Gasteiger partial charge in [-0.1, -0.05) is 30.3 Å². The number of morpholine rings is 1. The summed E-state index contributed by atoms with van der Waals surface area (Å²) in [7, 11) is 2.78. The van der Waals surface area contributed by atoms with E-state index in [0.717, 1.165) is 44.8 Å². The number of ether oxygens (including phenoxy) is 3. The fraction of sp³-hybridized carbons (Fsp3) is 0.429. The van der Waals surface area contributed by atoms with Crippen LogP contribution < -0.4 is 10.1 Å². The Morgan fingerprint density at radius 1 is 1.11 bits per heavy atom. The predicted octanol–water partition coefficient (Wildman–Crippen LogP) is 3.33. The Morgan fingerprint density at radius 2 is 1.84 bits per heavy atom. The zero-order valence-corrected chi connectivity index (χ0v) is 21.6. The lowest BCUT2D eigenvalue weighted by Gasteiger charge is -2.26. The van der Waals surface area contributed by atoms with Gasteiger partial charge in [0.15, 0.2) is 0 Å². The van der Waals surface area contributed by atoms with Crippen molar-refractivity contribution in [1.82, 2.24) is 14.8 Å². The van der Waals surface area contributed by atoms with Crippen molar-refractivity contribution in [1.29, 1.82) is 0 Å². The van der Waals surface area contributed by atoms with E-state index in [2.05, 4.69) is 10.2 Å². The molecule has 1 fully saturated rings. The number of nitrogens with one attached hydrogen (secondary N) is 1. The van der Waals surface area contributed by atoms with Crippen LogP contribution in [0.25, 0.3) is 10.9 Å². The maximum Gasteiger partial charge on any atom is 0.328 e. The second kappa shape index (κ2) is 12.2. The average molecular weight is 512 g/mol. The van der Waals surface area contributed by atoms with E-state index >= 15 is 0 Å². The molecule has 2 heterocycles. The summed E-state index contributed by atoms with van der Waals surface area (Å²) in [6.45, 7) is 6.59. The number of aryl methyl sites for hydroxylation is 1. The third kappa shape index (κ3) is 6.11. The van der Waals surface area contributed by atoms with Crippen molar-refractivity contribution in [3.63, 3.8) is 0 Å². The molecular weight excluding hydrogens is 477 g/mol. The van der Waals surface area contributed by atoms with Crippen molar-refractivity contribution >= 4 is 22.8 Å². The third-order valence-corrected chi connectivity index (χ3v) is 6.83. The molecule has 1 atom stereocenters. The van der Waals surface area contributed by atoms with Gasteiger partial charge in [-0.05, 0) is 25.0 Å². The predicted molar refractivity (Wildman–Crippen MR) is 138 cm³/mol. The van der Waals surface area contributed by atoms with Crippen molar-refractivity contribution in [3.8, 4) is 5.75 Å². The molecule has 1 saturated heterocycles. The number of fused-ring (bicyclic) bond motifs is 1. The van der Waals surface area contributed by atoms with Gasteiger partial charge in [0.05, 0.1) is 38.5 Å². The summed E-state index contributed by atoms with van der Waals surface area (Å²) in [6, 6.07) is 11.2. The number of hydrogen-bond acceptors (Lipinski definition) is 6. The molecule has 198 valence electrons. The van der Waals surface area contributed by atoms with Crippen LogP contribution in [0, 0.1) is 12.7 Å².